The van der Waals surface area contributed by atoms with Crippen LogP contribution in [0, 0.1) is 6.92 Å². The van der Waals surface area contributed by atoms with E-state index in [-0.39, 0.29) is 5.91 Å². The second-order valence-corrected chi connectivity index (χ2v) is 4.32. The molecule has 0 aromatic carbocycles. The summed E-state index contributed by atoms with van der Waals surface area (Å²) in [6, 6.07) is 3.32. The van der Waals surface area contributed by atoms with Crippen molar-refractivity contribution < 1.29 is 9.21 Å². The second-order valence-electron chi connectivity index (χ2n) is 3.01. The Morgan fingerprint density at radius 1 is 1.67 bits per heavy atom. The smallest absolute Gasteiger partial charge is 0.287 e. The number of aromatic nitrogens is 1. The number of aryl methyl sites for hydroxylation is 1. The lowest BCUT2D eigenvalue weighted by Crippen LogP contribution is -2.21. The lowest BCUT2D eigenvalue weighted by molar-refractivity contribution is 0.0923. The number of furan rings is 1. The van der Waals surface area contributed by atoms with Crippen LogP contribution in [0.1, 0.15) is 20.4 Å². The summed E-state index contributed by atoms with van der Waals surface area (Å²) in [5, 5.41) is 3.75. The first-order valence-electron chi connectivity index (χ1n) is 4.49. The SMILES string of the molecule is Cc1ncc(CNC(=O)c2ccco2)s1. The number of hydrogen-bond acceptors (Lipinski definition) is 4. The number of carbonyl (C=O) groups is 1. The number of hydrogen-bond donors (Lipinski definition) is 1. The Balaban J connectivity index is 1.91. The van der Waals surface area contributed by atoms with Crippen molar-refractivity contribution in [3.63, 3.8) is 0 Å². The fraction of sp³-hybridized carbons (Fsp3) is 0.200. The lowest BCUT2D eigenvalue weighted by Gasteiger charge is -1.99. The van der Waals surface area contributed by atoms with Gasteiger partial charge in [0.05, 0.1) is 17.8 Å². The number of thiazole rings is 1. The summed E-state index contributed by atoms with van der Waals surface area (Å²) in [5.74, 6) is 0.127. The first-order valence-corrected chi connectivity index (χ1v) is 5.30. The van der Waals surface area contributed by atoms with Crippen molar-refractivity contribution in [1.29, 1.82) is 0 Å². The quantitative estimate of drug-likeness (QED) is 0.863. The summed E-state index contributed by atoms with van der Waals surface area (Å²) in [6.45, 7) is 2.42. The maximum Gasteiger partial charge on any atom is 0.287 e. The van der Waals surface area contributed by atoms with Gasteiger partial charge in [0.15, 0.2) is 5.76 Å². The van der Waals surface area contributed by atoms with Gasteiger partial charge in [0.2, 0.25) is 0 Å². The molecule has 0 bridgehead atoms. The van der Waals surface area contributed by atoms with Crippen LogP contribution < -0.4 is 5.32 Å². The molecule has 78 valence electrons. The summed E-state index contributed by atoms with van der Waals surface area (Å²) in [5.41, 5.74) is 0. The minimum atomic E-state index is -0.203. The van der Waals surface area contributed by atoms with E-state index in [1.807, 2.05) is 6.92 Å². The summed E-state index contributed by atoms with van der Waals surface area (Å²) in [7, 11) is 0. The van der Waals surface area contributed by atoms with Gasteiger partial charge >= 0.3 is 0 Å². The molecular formula is C10H10N2O2S. The van der Waals surface area contributed by atoms with Gasteiger partial charge in [-0.15, -0.1) is 11.3 Å². The molecule has 0 aliphatic carbocycles. The van der Waals surface area contributed by atoms with Crippen molar-refractivity contribution >= 4 is 17.2 Å². The molecule has 0 aliphatic heterocycles. The molecule has 0 atom stereocenters. The van der Waals surface area contributed by atoms with E-state index in [1.165, 1.54) is 6.26 Å². The summed E-state index contributed by atoms with van der Waals surface area (Å²) >= 11 is 1.57. The summed E-state index contributed by atoms with van der Waals surface area (Å²) in [4.78, 5) is 16.6. The van der Waals surface area contributed by atoms with Crippen molar-refractivity contribution in [2.45, 2.75) is 13.5 Å². The van der Waals surface area contributed by atoms with Gasteiger partial charge in [0.25, 0.3) is 5.91 Å². The standard InChI is InChI=1S/C10H10N2O2S/c1-7-11-5-8(15-7)6-12-10(13)9-3-2-4-14-9/h2-5H,6H2,1H3,(H,12,13). The van der Waals surface area contributed by atoms with Gasteiger partial charge in [-0.3, -0.25) is 4.79 Å². The number of carbonyl (C=O) groups excluding carboxylic acids is 1. The van der Waals surface area contributed by atoms with Crippen LogP contribution in [0.15, 0.2) is 29.0 Å². The van der Waals surface area contributed by atoms with Gasteiger partial charge in [-0.05, 0) is 19.1 Å². The molecule has 2 aromatic heterocycles. The molecule has 0 saturated heterocycles. The normalized spacial score (nSPS) is 10.2. The van der Waals surface area contributed by atoms with Crippen molar-refractivity contribution in [3.05, 3.63) is 40.2 Å². The highest BCUT2D eigenvalue weighted by Gasteiger charge is 2.08. The van der Waals surface area contributed by atoms with E-state index in [2.05, 4.69) is 10.3 Å². The van der Waals surface area contributed by atoms with Crippen LogP contribution in [0.5, 0.6) is 0 Å². The Morgan fingerprint density at radius 2 is 2.53 bits per heavy atom. The van der Waals surface area contributed by atoms with Crippen LogP contribution in [-0.2, 0) is 6.54 Å². The molecule has 1 N–H and O–H groups in total. The maximum absolute atomic E-state index is 11.5. The average Bonchev–Trinajstić information content (AvgIpc) is 2.84. The van der Waals surface area contributed by atoms with Crippen LogP contribution in [-0.4, -0.2) is 10.9 Å². The lowest BCUT2D eigenvalue weighted by atomic mass is 10.4. The Bertz CT molecular complexity index is 448. The third-order valence-electron chi connectivity index (χ3n) is 1.84. The topological polar surface area (TPSA) is 55.1 Å². The molecular weight excluding hydrogens is 212 g/mol. The van der Waals surface area contributed by atoms with Crippen molar-refractivity contribution in [2.24, 2.45) is 0 Å². The fourth-order valence-electron chi connectivity index (χ4n) is 1.15. The van der Waals surface area contributed by atoms with Gasteiger partial charge in [-0.1, -0.05) is 0 Å². The van der Waals surface area contributed by atoms with E-state index >= 15 is 0 Å². The highest BCUT2D eigenvalue weighted by atomic mass is 32.1. The molecule has 5 heteroatoms. The van der Waals surface area contributed by atoms with Crippen LogP contribution in [0.3, 0.4) is 0 Å². The van der Waals surface area contributed by atoms with E-state index in [0.29, 0.717) is 12.3 Å². The van der Waals surface area contributed by atoms with E-state index in [9.17, 15) is 4.79 Å². The van der Waals surface area contributed by atoms with E-state index in [1.54, 1.807) is 29.7 Å². The molecule has 15 heavy (non-hydrogen) atoms. The molecule has 1 amide bonds. The Labute approximate surface area is 90.9 Å². The van der Waals surface area contributed by atoms with Gasteiger partial charge < -0.3 is 9.73 Å². The highest BCUT2D eigenvalue weighted by Crippen LogP contribution is 2.11. The zero-order valence-corrected chi connectivity index (χ0v) is 9.00. The monoisotopic (exact) mass is 222 g/mol. The summed E-state index contributed by atoms with van der Waals surface area (Å²) in [6.07, 6.45) is 3.24. The third-order valence-corrected chi connectivity index (χ3v) is 2.75. The maximum atomic E-state index is 11.5. The van der Waals surface area contributed by atoms with Crippen LogP contribution in [0.2, 0.25) is 0 Å². The molecule has 0 aliphatic rings. The van der Waals surface area contributed by atoms with E-state index in [0.717, 1.165) is 9.88 Å². The van der Waals surface area contributed by atoms with Gasteiger partial charge in [0, 0.05) is 11.1 Å². The molecule has 0 unspecified atom stereocenters. The minimum Gasteiger partial charge on any atom is -0.459 e. The molecule has 0 radical (unpaired) electrons. The van der Waals surface area contributed by atoms with Crippen molar-refractivity contribution in [1.82, 2.24) is 10.3 Å². The number of nitrogens with zero attached hydrogens (tertiary/aromatic N) is 1. The van der Waals surface area contributed by atoms with E-state index in [4.69, 9.17) is 4.42 Å². The number of nitrogens with one attached hydrogen (secondary N) is 1. The number of amides is 1. The minimum absolute atomic E-state index is 0.203. The van der Waals surface area contributed by atoms with Crippen molar-refractivity contribution in [2.75, 3.05) is 0 Å². The first-order chi connectivity index (χ1) is 7.25. The van der Waals surface area contributed by atoms with Crippen LogP contribution >= 0.6 is 11.3 Å². The zero-order valence-electron chi connectivity index (χ0n) is 8.19. The number of rotatable bonds is 3. The first kappa shape index (κ1) is 9.92. The molecule has 2 rings (SSSR count). The van der Waals surface area contributed by atoms with Crippen molar-refractivity contribution in [3.8, 4) is 0 Å². The molecule has 4 nitrogen and oxygen atoms in total. The molecule has 2 aromatic rings. The predicted molar refractivity (Wildman–Crippen MR) is 56.7 cm³/mol. The highest BCUT2D eigenvalue weighted by molar-refractivity contribution is 7.11. The average molecular weight is 222 g/mol. The van der Waals surface area contributed by atoms with Gasteiger partial charge in [-0.25, -0.2) is 4.98 Å². The Hall–Kier alpha value is -1.62. The predicted octanol–water partition coefficient (Wildman–Crippen LogP) is 1.97. The largest absolute Gasteiger partial charge is 0.459 e. The molecule has 0 fully saturated rings. The fourth-order valence-corrected chi connectivity index (χ4v) is 1.88. The second kappa shape index (κ2) is 4.27. The molecule has 2 heterocycles. The Morgan fingerprint density at radius 3 is 3.13 bits per heavy atom. The summed E-state index contributed by atoms with van der Waals surface area (Å²) < 4.78 is 4.96. The molecule has 0 saturated carbocycles. The zero-order chi connectivity index (χ0) is 10.7. The van der Waals surface area contributed by atoms with Crippen LogP contribution in [0.25, 0.3) is 0 Å². The molecule has 0 spiro atoms. The van der Waals surface area contributed by atoms with E-state index < -0.39 is 0 Å². The van der Waals surface area contributed by atoms with Crippen LogP contribution in [0.4, 0.5) is 0 Å². The third kappa shape index (κ3) is 2.44. The van der Waals surface area contributed by atoms with Gasteiger partial charge in [-0.2, -0.15) is 0 Å². The van der Waals surface area contributed by atoms with Gasteiger partial charge in [0.1, 0.15) is 0 Å². The Kier molecular flexibility index (Phi) is 2.82.